The highest BCUT2D eigenvalue weighted by molar-refractivity contribution is 6.31. The van der Waals surface area contributed by atoms with Crippen LogP contribution < -0.4 is 10.2 Å². The lowest BCUT2D eigenvalue weighted by Gasteiger charge is -2.29. The maximum atomic E-state index is 14.5. The second-order valence-corrected chi connectivity index (χ2v) is 7.28. The summed E-state index contributed by atoms with van der Waals surface area (Å²) < 4.78 is 14.5. The van der Waals surface area contributed by atoms with Gasteiger partial charge in [0.1, 0.15) is 11.6 Å². The van der Waals surface area contributed by atoms with Crippen molar-refractivity contribution >= 4 is 23.3 Å². The molecule has 0 saturated carbocycles. The summed E-state index contributed by atoms with van der Waals surface area (Å²) in [5, 5.41) is 3.34. The van der Waals surface area contributed by atoms with Crippen molar-refractivity contribution in [3.05, 3.63) is 58.5 Å². The number of pyridine rings is 1. The molecule has 7 heteroatoms. The molecule has 3 rings (SSSR count). The van der Waals surface area contributed by atoms with Gasteiger partial charge in [-0.3, -0.25) is 9.69 Å². The van der Waals surface area contributed by atoms with Crippen molar-refractivity contribution in [2.45, 2.75) is 18.9 Å². The average Bonchev–Trinajstić information content (AvgIpc) is 3.18. The van der Waals surface area contributed by atoms with Crippen LogP contribution in [-0.4, -0.2) is 49.5 Å². The number of likely N-dealkylation sites (tertiary alicyclic amines) is 1. The van der Waals surface area contributed by atoms with E-state index < -0.39 is 0 Å². The van der Waals surface area contributed by atoms with Crippen LogP contribution in [-0.2, 0) is 0 Å². The van der Waals surface area contributed by atoms with Gasteiger partial charge in [0, 0.05) is 37.4 Å². The van der Waals surface area contributed by atoms with Crippen molar-refractivity contribution in [1.82, 2.24) is 15.2 Å². The Labute approximate surface area is 164 Å². The lowest BCUT2D eigenvalue weighted by molar-refractivity contribution is 0.0937. The van der Waals surface area contributed by atoms with Gasteiger partial charge in [-0.1, -0.05) is 17.7 Å². The summed E-state index contributed by atoms with van der Waals surface area (Å²) in [6.45, 7) is 2.00. The van der Waals surface area contributed by atoms with Crippen molar-refractivity contribution in [3.63, 3.8) is 0 Å². The molecule has 1 atom stereocenters. The Morgan fingerprint density at radius 2 is 2.04 bits per heavy atom. The molecule has 144 valence electrons. The minimum Gasteiger partial charge on any atom is -0.362 e. The van der Waals surface area contributed by atoms with Gasteiger partial charge in [0.05, 0.1) is 11.6 Å². The maximum Gasteiger partial charge on any atom is 0.255 e. The molecule has 1 amide bonds. The number of carbonyl (C=O) groups is 1. The average molecular weight is 391 g/mol. The molecule has 1 aromatic heterocycles. The molecule has 1 fully saturated rings. The van der Waals surface area contributed by atoms with E-state index in [-0.39, 0.29) is 24.3 Å². The zero-order valence-electron chi connectivity index (χ0n) is 15.6. The molecule has 27 heavy (non-hydrogen) atoms. The Bertz CT molecular complexity index is 788. The summed E-state index contributed by atoms with van der Waals surface area (Å²) in [4.78, 5) is 21.0. The quantitative estimate of drug-likeness (QED) is 0.820. The molecule has 1 saturated heterocycles. The van der Waals surface area contributed by atoms with Gasteiger partial charge >= 0.3 is 0 Å². The molecular weight excluding hydrogens is 367 g/mol. The van der Waals surface area contributed by atoms with Gasteiger partial charge < -0.3 is 10.2 Å². The van der Waals surface area contributed by atoms with E-state index in [0.717, 1.165) is 25.9 Å². The smallest absolute Gasteiger partial charge is 0.255 e. The molecule has 0 bridgehead atoms. The zero-order valence-corrected chi connectivity index (χ0v) is 16.3. The summed E-state index contributed by atoms with van der Waals surface area (Å²) in [6, 6.07) is 7.86. The fourth-order valence-electron chi connectivity index (χ4n) is 3.51. The van der Waals surface area contributed by atoms with Crippen LogP contribution in [0, 0.1) is 5.82 Å². The molecule has 1 aliphatic rings. The number of hydrogen-bond donors (Lipinski definition) is 1. The number of aromatic nitrogens is 1. The number of carbonyl (C=O) groups excluding carboxylic acids is 1. The minimum absolute atomic E-state index is 0.233. The van der Waals surface area contributed by atoms with Crippen LogP contribution in [0.5, 0.6) is 0 Å². The number of halogens is 2. The number of rotatable bonds is 6. The van der Waals surface area contributed by atoms with Crippen molar-refractivity contribution in [3.8, 4) is 0 Å². The molecular formula is C20H24ClFN4O. The van der Waals surface area contributed by atoms with Crippen LogP contribution in [0.1, 0.15) is 34.8 Å². The topological polar surface area (TPSA) is 48.5 Å². The van der Waals surface area contributed by atoms with Gasteiger partial charge in [0.15, 0.2) is 0 Å². The van der Waals surface area contributed by atoms with Crippen molar-refractivity contribution < 1.29 is 9.18 Å². The standard InChI is InChI=1S/C20H24ClFN4O/c1-25(2)19-14(7-6-10-23-19)20(27)24-13-17(26-11-3-4-12-26)18-15(21)8-5-9-16(18)22/h5-10,17H,3-4,11-13H2,1-2H3,(H,24,27). The van der Waals surface area contributed by atoms with E-state index in [0.29, 0.717) is 22.0 Å². The fourth-order valence-corrected chi connectivity index (χ4v) is 3.80. The van der Waals surface area contributed by atoms with E-state index >= 15 is 0 Å². The van der Waals surface area contributed by atoms with Crippen LogP contribution in [0.25, 0.3) is 0 Å². The first kappa shape index (κ1) is 19.6. The van der Waals surface area contributed by atoms with Gasteiger partial charge in [-0.05, 0) is 50.2 Å². The van der Waals surface area contributed by atoms with E-state index in [1.807, 2.05) is 14.1 Å². The number of benzene rings is 1. The van der Waals surface area contributed by atoms with E-state index in [2.05, 4.69) is 15.2 Å². The fraction of sp³-hybridized carbons (Fsp3) is 0.400. The van der Waals surface area contributed by atoms with Crippen molar-refractivity contribution in [1.29, 1.82) is 0 Å². The predicted octanol–water partition coefficient (Wildman–Crippen LogP) is 3.51. The summed E-state index contributed by atoms with van der Waals surface area (Å²) in [6.07, 6.45) is 3.77. The van der Waals surface area contributed by atoms with Gasteiger partial charge in [0.25, 0.3) is 5.91 Å². The van der Waals surface area contributed by atoms with Crippen LogP contribution in [0.3, 0.4) is 0 Å². The Morgan fingerprint density at radius 3 is 2.70 bits per heavy atom. The number of hydrogen-bond acceptors (Lipinski definition) is 4. The van der Waals surface area contributed by atoms with Crippen LogP contribution in [0.15, 0.2) is 36.5 Å². The highest BCUT2D eigenvalue weighted by Crippen LogP contribution is 2.32. The highest BCUT2D eigenvalue weighted by Gasteiger charge is 2.28. The van der Waals surface area contributed by atoms with Crippen molar-refractivity contribution in [2.75, 3.05) is 38.6 Å². The summed E-state index contributed by atoms with van der Waals surface area (Å²) in [5.41, 5.74) is 0.933. The van der Waals surface area contributed by atoms with E-state index in [1.54, 1.807) is 35.4 Å². The zero-order chi connectivity index (χ0) is 19.4. The minimum atomic E-state index is -0.344. The molecule has 1 N–H and O–H groups in total. The molecule has 1 unspecified atom stereocenters. The molecule has 1 aromatic carbocycles. The largest absolute Gasteiger partial charge is 0.362 e. The molecule has 0 radical (unpaired) electrons. The number of anilines is 1. The SMILES string of the molecule is CN(C)c1ncccc1C(=O)NCC(c1c(F)cccc1Cl)N1CCCC1. The molecule has 5 nitrogen and oxygen atoms in total. The normalized spacial score (nSPS) is 15.6. The first-order valence-electron chi connectivity index (χ1n) is 9.07. The molecule has 1 aliphatic heterocycles. The van der Waals surface area contributed by atoms with Crippen LogP contribution >= 0.6 is 11.6 Å². The Hall–Kier alpha value is -2.18. The predicted molar refractivity (Wildman–Crippen MR) is 106 cm³/mol. The van der Waals surface area contributed by atoms with E-state index in [1.165, 1.54) is 6.07 Å². The van der Waals surface area contributed by atoms with Gasteiger partial charge in [-0.15, -0.1) is 0 Å². The third-order valence-electron chi connectivity index (χ3n) is 4.83. The summed E-state index contributed by atoms with van der Waals surface area (Å²) >= 11 is 6.31. The molecule has 0 aliphatic carbocycles. The molecule has 2 aromatic rings. The molecule has 2 heterocycles. The number of nitrogens with zero attached hydrogens (tertiary/aromatic N) is 3. The lowest BCUT2D eigenvalue weighted by atomic mass is 10.0. The second kappa shape index (κ2) is 8.67. The third kappa shape index (κ3) is 4.39. The monoisotopic (exact) mass is 390 g/mol. The summed E-state index contributed by atoms with van der Waals surface area (Å²) in [7, 11) is 3.68. The maximum absolute atomic E-state index is 14.5. The van der Waals surface area contributed by atoms with E-state index in [4.69, 9.17) is 11.6 Å². The van der Waals surface area contributed by atoms with Crippen molar-refractivity contribution in [2.24, 2.45) is 0 Å². The third-order valence-corrected chi connectivity index (χ3v) is 5.15. The second-order valence-electron chi connectivity index (χ2n) is 6.87. The van der Waals surface area contributed by atoms with Gasteiger partial charge in [-0.25, -0.2) is 9.37 Å². The Morgan fingerprint density at radius 1 is 1.30 bits per heavy atom. The van der Waals surface area contributed by atoms with Crippen LogP contribution in [0.2, 0.25) is 5.02 Å². The molecule has 0 spiro atoms. The van der Waals surface area contributed by atoms with Gasteiger partial charge in [-0.2, -0.15) is 0 Å². The number of amides is 1. The first-order chi connectivity index (χ1) is 13.0. The van der Waals surface area contributed by atoms with Gasteiger partial charge in [0.2, 0.25) is 0 Å². The highest BCUT2D eigenvalue weighted by atomic mass is 35.5. The summed E-state index contributed by atoms with van der Waals surface area (Å²) in [5.74, 6) is 0.0177. The van der Waals surface area contributed by atoms with E-state index in [9.17, 15) is 9.18 Å². The Kier molecular flexibility index (Phi) is 6.29. The lowest BCUT2D eigenvalue weighted by Crippen LogP contribution is -2.37. The Balaban J connectivity index is 1.83. The first-order valence-corrected chi connectivity index (χ1v) is 9.45. The van der Waals surface area contributed by atoms with Crippen LogP contribution in [0.4, 0.5) is 10.2 Å². The number of nitrogens with one attached hydrogen (secondary N) is 1.